The summed E-state index contributed by atoms with van der Waals surface area (Å²) in [6.07, 6.45) is 8.30. The molecule has 0 unspecified atom stereocenters. The molecule has 4 rings (SSSR count). The summed E-state index contributed by atoms with van der Waals surface area (Å²) in [7, 11) is 1.84. The minimum atomic E-state index is -0.0908. The molecule has 1 aliphatic carbocycles. The summed E-state index contributed by atoms with van der Waals surface area (Å²) in [6, 6.07) is 0. The van der Waals surface area contributed by atoms with Crippen molar-refractivity contribution >= 4 is 17.0 Å². The predicted molar refractivity (Wildman–Crippen MR) is 133 cm³/mol. The number of rotatable bonds is 9. The lowest BCUT2D eigenvalue weighted by molar-refractivity contribution is 0.0220. The van der Waals surface area contributed by atoms with Crippen LogP contribution in [-0.2, 0) is 18.2 Å². The Balaban J connectivity index is 1.64. The van der Waals surface area contributed by atoms with E-state index in [2.05, 4.69) is 40.7 Å². The molecular weight excluding hydrogens is 416 g/mol. The van der Waals surface area contributed by atoms with Crippen molar-refractivity contribution in [2.45, 2.75) is 65.7 Å². The summed E-state index contributed by atoms with van der Waals surface area (Å²) in [5.41, 5.74) is 2.23. The minimum Gasteiger partial charge on any atom is -0.379 e. The molecule has 1 N–H and O–H groups in total. The molecule has 1 saturated carbocycles. The number of nitrogens with one attached hydrogen (secondary N) is 1. The number of hydrogen-bond acceptors (Lipinski definition) is 6. The Morgan fingerprint density at radius 3 is 2.61 bits per heavy atom. The average Bonchev–Trinajstić information content (AvgIpc) is 3.10. The van der Waals surface area contributed by atoms with Crippen molar-refractivity contribution in [3.05, 3.63) is 16.0 Å². The van der Waals surface area contributed by atoms with E-state index in [1.807, 2.05) is 7.05 Å². The Morgan fingerprint density at radius 1 is 1.18 bits per heavy atom. The van der Waals surface area contributed by atoms with Gasteiger partial charge in [0.05, 0.1) is 18.9 Å². The summed E-state index contributed by atoms with van der Waals surface area (Å²) in [6.45, 7) is 13.2. The second-order valence-electron chi connectivity index (χ2n) is 10.8. The van der Waals surface area contributed by atoms with E-state index in [9.17, 15) is 4.79 Å². The first-order valence-electron chi connectivity index (χ1n) is 12.9. The van der Waals surface area contributed by atoms with Crippen LogP contribution in [0.4, 0.5) is 5.95 Å². The molecule has 2 fully saturated rings. The van der Waals surface area contributed by atoms with Crippen LogP contribution in [-0.4, -0.2) is 70.6 Å². The first-order valence-corrected chi connectivity index (χ1v) is 12.9. The molecule has 0 radical (unpaired) electrons. The van der Waals surface area contributed by atoms with Crippen molar-refractivity contribution in [3.8, 4) is 0 Å². The molecule has 1 aliphatic heterocycles. The molecule has 2 aromatic heterocycles. The number of fused-ring (bicyclic) bond motifs is 1. The molecular formula is C25H42N6O2. The van der Waals surface area contributed by atoms with Crippen LogP contribution in [0.1, 0.15) is 65.0 Å². The highest BCUT2D eigenvalue weighted by Crippen LogP contribution is 2.29. The van der Waals surface area contributed by atoms with Crippen molar-refractivity contribution < 1.29 is 4.74 Å². The fraction of sp³-hybridized carbons (Fsp3) is 0.800. The molecule has 8 nitrogen and oxygen atoms in total. The van der Waals surface area contributed by atoms with Crippen LogP contribution in [0.5, 0.6) is 0 Å². The number of ether oxygens (including phenoxy) is 1. The number of morpholine rings is 1. The van der Waals surface area contributed by atoms with Gasteiger partial charge >= 0.3 is 0 Å². The number of H-pyrrole nitrogens is 1. The Bertz CT molecular complexity index is 969. The van der Waals surface area contributed by atoms with Gasteiger partial charge in [0.15, 0.2) is 5.52 Å². The second kappa shape index (κ2) is 10.6. The van der Waals surface area contributed by atoms with Gasteiger partial charge in [0.25, 0.3) is 5.56 Å². The number of hydrogen-bond donors (Lipinski definition) is 1. The van der Waals surface area contributed by atoms with E-state index >= 15 is 0 Å². The first kappa shape index (κ1) is 24.2. The second-order valence-corrected chi connectivity index (χ2v) is 10.8. The molecule has 0 bridgehead atoms. The number of anilines is 1. The van der Waals surface area contributed by atoms with Crippen molar-refractivity contribution in [1.29, 1.82) is 0 Å². The Kier molecular flexibility index (Phi) is 7.74. The maximum absolute atomic E-state index is 13.1. The van der Waals surface area contributed by atoms with Gasteiger partial charge in [0.2, 0.25) is 5.95 Å². The molecule has 3 heterocycles. The Morgan fingerprint density at radius 2 is 1.91 bits per heavy atom. The number of aromatic nitrogens is 4. The van der Waals surface area contributed by atoms with Crippen LogP contribution < -0.4 is 10.5 Å². The Hall–Kier alpha value is -1.93. The van der Waals surface area contributed by atoms with Crippen LogP contribution in [0.3, 0.4) is 0 Å². The van der Waals surface area contributed by atoms with Crippen LogP contribution in [0, 0.1) is 11.3 Å². The van der Waals surface area contributed by atoms with Crippen LogP contribution in [0.2, 0.25) is 0 Å². The Labute approximate surface area is 197 Å². The zero-order valence-corrected chi connectivity index (χ0v) is 21.0. The fourth-order valence-corrected chi connectivity index (χ4v) is 5.63. The van der Waals surface area contributed by atoms with Crippen molar-refractivity contribution in [2.75, 3.05) is 50.8 Å². The highest BCUT2D eigenvalue weighted by molar-refractivity contribution is 5.77. The van der Waals surface area contributed by atoms with Gasteiger partial charge in [-0.2, -0.15) is 5.10 Å². The molecule has 0 atom stereocenters. The number of nitrogens with zero attached hydrogens (tertiary/aromatic N) is 5. The third-order valence-corrected chi connectivity index (χ3v) is 7.11. The van der Waals surface area contributed by atoms with Gasteiger partial charge < -0.3 is 9.64 Å². The van der Waals surface area contributed by atoms with Gasteiger partial charge in [-0.25, -0.2) is 4.98 Å². The van der Waals surface area contributed by atoms with Crippen LogP contribution in [0.25, 0.3) is 11.0 Å². The fourth-order valence-electron chi connectivity index (χ4n) is 5.63. The van der Waals surface area contributed by atoms with Crippen molar-refractivity contribution in [2.24, 2.45) is 18.4 Å². The third-order valence-electron chi connectivity index (χ3n) is 7.11. The maximum Gasteiger partial charge on any atom is 0.278 e. The van der Waals surface area contributed by atoms with E-state index in [1.165, 1.54) is 32.1 Å². The summed E-state index contributed by atoms with van der Waals surface area (Å²) in [5.74, 6) is 1.36. The SMILES string of the molecule is CCCc1nn(C)c2c(=O)[nH]c(N(CC3CCCCC3)CC(C)(C)CN3CCOCC3)nc12. The van der Waals surface area contributed by atoms with E-state index < -0.39 is 0 Å². The lowest BCUT2D eigenvalue weighted by Crippen LogP contribution is -2.47. The zero-order valence-electron chi connectivity index (χ0n) is 21.0. The molecule has 184 valence electrons. The highest BCUT2D eigenvalue weighted by atomic mass is 16.5. The highest BCUT2D eigenvalue weighted by Gasteiger charge is 2.29. The molecule has 2 aliphatic rings. The summed E-state index contributed by atoms with van der Waals surface area (Å²) >= 11 is 0. The van der Waals surface area contributed by atoms with Gasteiger partial charge in [-0.1, -0.05) is 46.5 Å². The summed E-state index contributed by atoms with van der Waals surface area (Å²) in [5, 5.41) is 4.61. The summed E-state index contributed by atoms with van der Waals surface area (Å²) < 4.78 is 7.23. The monoisotopic (exact) mass is 458 g/mol. The van der Waals surface area contributed by atoms with E-state index in [1.54, 1.807) is 4.68 Å². The molecule has 0 amide bonds. The lowest BCUT2D eigenvalue weighted by Gasteiger charge is -2.39. The first-order chi connectivity index (χ1) is 15.9. The molecule has 8 heteroatoms. The van der Waals surface area contributed by atoms with Crippen molar-refractivity contribution in [1.82, 2.24) is 24.6 Å². The largest absolute Gasteiger partial charge is 0.379 e. The van der Waals surface area contributed by atoms with E-state index in [-0.39, 0.29) is 11.0 Å². The van der Waals surface area contributed by atoms with E-state index in [0.717, 1.165) is 70.0 Å². The van der Waals surface area contributed by atoms with Gasteiger partial charge in [-0.3, -0.25) is 19.4 Å². The molecule has 33 heavy (non-hydrogen) atoms. The molecule has 0 spiro atoms. The number of aromatic amines is 1. The van der Waals surface area contributed by atoms with Crippen LogP contribution >= 0.6 is 0 Å². The summed E-state index contributed by atoms with van der Waals surface area (Å²) in [4.78, 5) is 26.1. The zero-order chi connectivity index (χ0) is 23.4. The molecule has 2 aromatic rings. The molecule has 1 saturated heterocycles. The van der Waals surface area contributed by atoms with Gasteiger partial charge in [0.1, 0.15) is 5.52 Å². The normalized spacial score (nSPS) is 18.8. The van der Waals surface area contributed by atoms with Crippen molar-refractivity contribution in [3.63, 3.8) is 0 Å². The van der Waals surface area contributed by atoms with Crippen LogP contribution in [0.15, 0.2) is 4.79 Å². The van der Waals surface area contributed by atoms with Gasteiger partial charge in [0, 0.05) is 39.8 Å². The average molecular weight is 459 g/mol. The van der Waals surface area contributed by atoms with E-state index in [0.29, 0.717) is 17.4 Å². The third kappa shape index (κ3) is 5.96. The topological polar surface area (TPSA) is 79.3 Å². The minimum absolute atomic E-state index is 0.0563. The van der Waals surface area contributed by atoms with Gasteiger partial charge in [-0.05, 0) is 30.6 Å². The predicted octanol–water partition coefficient (Wildman–Crippen LogP) is 3.35. The number of aryl methyl sites for hydroxylation is 2. The van der Waals surface area contributed by atoms with Gasteiger partial charge in [-0.15, -0.1) is 0 Å². The standard InChI is InChI=1S/C25H42N6O2/c1-5-9-20-21-22(29(4)28-20)23(32)27-24(26-21)31(16-19-10-7-6-8-11-19)18-25(2,3)17-30-12-14-33-15-13-30/h19H,5-18H2,1-4H3,(H,26,27,32). The molecule has 0 aromatic carbocycles. The quantitative estimate of drug-likeness (QED) is 0.621. The lowest BCUT2D eigenvalue weighted by atomic mass is 9.87. The van der Waals surface area contributed by atoms with E-state index in [4.69, 9.17) is 9.72 Å². The smallest absolute Gasteiger partial charge is 0.278 e. The maximum atomic E-state index is 13.1.